The van der Waals surface area contributed by atoms with E-state index in [1.807, 2.05) is 6.92 Å². The average Bonchev–Trinajstić information content (AvgIpc) is 2.23. The molecule has 0 saturated heterocycles. The van der Waals surface area contributed by atoms with Crippen LogP contribution in [0, 0.1) is 0 Å². The van der Waals surface area contributed by atoms with Gasteiger partial charge in [-0.2, -0.15) is 0 Å². The van der Waals surface area contributed by atoms with Gasteiger partial charge in [0, 0.05) is 18.3 Å². The maximum Gasteiger partial charge on any atom is 0.152 e. The van der Waals surface area contributed by atoms with Crippen molar-refractivity contribution in [2.45, 2.75) is 31.9 Å². The number of phenols is 1. The second kappa shape index (κ2) is 5.34. The van der Waals surface area contributed by atoms with Gasteiger partial charge in [0.05, 0.1) is 16.1 Å². The highest BCUT2D eigenvalue weighted by Crippen LogP contribution is 2.36. The van der Waals surface area contributed by atoms with Crippen LogP contribution in [-0.4, -0.2) is 23.9 Å². The van der Waals surface area contributed by atoms with Gasteiger partial charge < -0.3 is 15.2 Å². The van der Waals surface area contributed by atoms with E-state index in [-0.39, 0.29) is 15.8 Å². The lowest BCUT2D eigenvalue weighted by Gasteiger charge is -2.36. The van der Waals surface area contributed by atoms with E-state index in [0.717, 1.165) is 25.1 Å². The van der Waals surface area contributed by atoms with Crippen molar-refractivity contribution in [3.8, 4) is 5.75 Å². The molecule has 2 N–H and O–H groups in total. The summed E-state index contributed by atoms with van der Waals surface area (Å²) < 4.78 is 5.48. The first-order valence-electron chi connectivity index (χ1n) is 5.66. The zero-order valence-corrected chi connectivity index (χ0v) is 11.1. The van der Waals surface area contributed by atoms with Crippen LogP contribution in [0.1, 0.15) is 19.8 Å². The Kier molecular flexibility index (Phi) is 4.02. The van der Waals surface area contributed by atoms with E-state index in [4.69, 9.17) is 27.9 Å². The Morgan fingerprint density at radius 2 is 1.94 bits per heavy atom. The molecule has 2 rings (SSSR count). The Bertz CT molecular complexity index is 382. The van der Waals surface area contributed by atoms with Gasteiger partial charge >= 0.3 is 0 Å². The maximum atomic E-state index is 9.44. The molecule has 0 radical (unpaired) electrons. The van der Waals surface area contributed by atoms with Gasteiger partial charge in [-0.1, -0.05) is 23.2 Å². The Morgan fingerprint density at radius 3 is 2.47 bits per heavy atom. The predicted octanol–water partition coefficient (Wildman–Crippen LogP) is 3.68. The Labute approximate surface area is 111 Å². The number of rotatable bonds is 4. The van der Waals surface area contributed by atoms with Crippen molar-refractivity contribution in [1.29, 1.82) is 0 Å². The van der Waals surface area contributed by atoms with Crippen LogP contribution in [0.3, 0.4) is 0 Å². The molecule has 0 amide bonds. The van der Waals surface area contributed by atoms with Gasteiger partial charge in [0.1, 0.15) is 0 Å². The van der Waals surface area contributed by atoms with Gasteiger partial charge in [0.25, 0.3) is 0 Å². The van der Waals surface area contributed by atoms with Crippen molar-refractivity contribution >= 4 is 28.9 Å². The standard InChI is InChI=1S/C12H15Cl2NO2/c1-2-17-9-3-7(4-9)15-8-5-10(13)12(16)11(14)6-8/h5-7,9,15-16H,2-4H2,1H3. The molecule has 3 nitrogen and oxygen atoms in total. The summed E-state index contributed by atoms with van der Waals surface area (Å²) >= 11 is 11.7. The Morgan fingerprint density at radius 1 is 1.35 bits per heavy atom. The average molecular weight is 276 g/mol. The molecular formula is C12H15Cl2NO2. The molecule has 5 heteroatoms. The molecule has 1 fully saturated rings. The largest absolute Gasteiger partial charge is 0.505 e. The van der Waals surface area contributed by atoms with Gasteiger partial charge in [-0.15, -0.1) is 0 Å². The number of ether oxygens (including phenoxy) is 1. The number of hydrogen-bond acceptors (Lipinski definition) is 3. The zero-order valence-electron chi connectivity index (χ0n) is 9.54. The molecule has 0 atom stereocenters. The molecule has 94 valence electrons. The molecule has 0 aliphatic heterocycles. The molecule has 0 aromatic heterocycles. The summed E-state index contributed by atoms with van der Waals surface area (Å²) in [7, 11) is 0. The van der Waals surface area contributed by atoms with Crippen molar-refractivity contribution in [1.82, 2.24) is 0 Å². The van der Waals surface area contributed by atoms with Gasteiger partial charge in [0.15, 0.2) is 5.75 Å². The lowest BCUT2D eigenvalue weighted by Crippen LogP contribution is -2.40. The van der Waals surface area contributed by atoms with Gasteiger partial charge in [-0.25, -0.2) is 0 Å². The first-order chi connectivity index (χ1) is 8.10. The third kappa shape index (κ3) is 2.97. The SMILES string of the molecule is CCOC1CC(Nc2cc(Cl)c(O)c(Cl)c2)C1. The third-order valence-electron chi connectivity index (χ3n) is 2.88. The van der Waals surface area contributed by atoms with E-state index in [9.17, 15) is 5.11 Å². The van der Waals surface area contributed by atoms with Crippen LogP contribution >= 0.6 is 23.2 Å². The van der Waals surface area contributed by atoms with Gasteiger partial charge in [-0.05, 0) is 31.9 Å². The summed E-state index contributed by atoms with van der Waals surface area (Å²) in [5, 5.41) is 13.3. The Hall–Kier alpha value is -0.640. The van der Waals surface area contributed by atoms with Crippen molar-refractivity contribution < 1.29 is 9.84 Å². The predicted molar refractivity (Wildman–Crippen MR) is 70.2 cm³/mol. The Balaban J connectivity index is 1.92. The maximum absolute atomic E-state index is 9.44. The summed E-state index contributed by atoms with van der Waals surface area (Å²) in [6.45, 7) is 2.76. The van der Waals surface area contributed by atoms with E-state index < -0.39 is 0 Å². The third-order valence-corrected chi connectivity index (χ3v) is 3.46. The highest BCUT2D eigenvalue weighted by Gasteiger charge is 2.29. The smallest absolute Gasteiger partial charge is 0.152 e. The molecule has 0 heterocycles. The summed E-state index contributed by atoms with van der Waals surface area (Å²) in [4.78, 5) is 0. The van der Waals surface area contributed by atoms with E-state index in [1.54, 1.807) is 12.1 Å². The zero-order chi connectivity index (χ0) is 12.4. The number of phenolic OH excluding ortho intramolecular Hbond substituents is 1. The van der Waals surface area contributed by atoms with Crippen molar-refractivity contribution in [2.24, 2.45) is 0 Å². The van der Waals surface area contributed by atoms with Crippen molar-refractivity contribution in [2.75, 3.05) is 11.9 Å². The monoisotopic (exact) mass is 275 g/mol. The number of nitrogens with one attached hydrogen (secondary N) is 1. The number of anilines is 1. The highest BCUT2D eigenvalue weighted by molar-refractivity contribution is 6.37. The second-order valence-electron chi connectivity index (χ2n) is 4.18. The molecule has 1 aromatic carbocycles. The second-order valence-corrected chi connectivity index (χ2v) is 4.99. The van der Waals surface area contributed by atoms with Gasteiger partial charge in [0.2, 0.25) is 0 Å². The number of hydrogen-bond donors (Lipinski definition) is 2. The van der Waals surface area contributed by atoms with Crippen LogP contribution < -0.4 is 5.32 Å². The first-order valence-corrected chi connectivity index (χ1v) is 6.42. The van der Waals surface area contributed by atoms with Crippen molar-refractivity contribution in [3.05, 3.63) is 22.2 Å². The summed E-state index contributed by atoms with van der Waals surface area (Å²) in [6.07, 6.45) is 2.34. The number of benzene rings is 1. The quantitative estimate of drug-likeness (QED) is 0.824. The summed E-state index contributed by atoms with van der Waals surface area (Å²) in [5.41, 5.74) is 0.831. The van der Waals surface area contributed by atoms with E-state index >= 15 is 0 Å². The molecule has 0 spiro atoms. The first kappa shape index (κ1) is 12.8. The molecule has 0 unspecified atom stereocenters. The fraction of sp³-hybridized carbons (Fsp3) is 0.500. The lowest BCUT2D eigenvalue weighted by atomic mass is 9.89. The molecule has 1 aromatic rings. The summed E-state index contributed by atoms with van der Waals surface area (Å²) in [5.74, 6) is -0.0697. The molecule has 17 heavy (non-hydrogen) atoms. The molecular weight excluding hydrogens is 261 g/mol. The van der Waals surface area contributed by atoms with Crippen LogP contribution in [0.2, 0.25) is 10.0 Å². The number of aromatic hydroxyl groups is 1. The van der Waals surface area contributed by atoms with Crippen LogP contribution in [0.25, 0.3) is 0 Å². The summed E-state index contributed by atoms with van der Waals surface area (Å²) in [6, 6.07) is 3.75. The fourth-order valence-electron chi connectivity index (χ4n) is 1.94. The molecule has 0 bridgehead atoms. The number of halogens is 2. The van der Waals surface area contributed by atoms with Crippen LogP contribution in [0.5, 0.6) is 5.75 Å². The van der Waals surface area contributed by atoms with Gasteiger partial charge in [-0.3, -0.25) is 0 Å². The molecule has 1 aliphatic carbocycles. The van der Waals surface area contributed by atoms with Crippen LogP contribution in [0.15, 0.2) is 12.1 Å². The lowest BCUT2D eigenvalue weighted by molar-refractivity contribution is 0.00299. The minimum absolute atomic E-state index is 0.0697. The highest BCUT2D eigenvalue weighted by atomic mass is 35.5. The van der Waals surface area contributed by atoms with Crippen LogP contribution in [-0.2, 0) is 4.74 Å². The normalized spacial score (nSPS) is 23.2. The van der Waals surface area contributed by atoms with E-state index in [0.29, 0.717) is 12.1 Å². The minimum Gasteiger partial charge on any atom is -0.505 e. The van der Waals surface area contributed by atoms with E-state index in [2.05, 4.69) is 5.32 Å². The molecule has 1 saturated carbocycles. The minimum atomic E-state index is -0.0697. The van der Waals surface area contributed by atoms with Crippen LogP contribution in [0.4, 0.5) is 5.69 Å². The topological polar surface area (TPSA) is 41.5 Å². The fourth-order valence-corrected chi connectivity index (χ4v) is 2.43. The van der Waals surface area contributed by atoms with E-state index in [1.165, 1.54) is 0 Å². The molecule has 1 aliphatic rings. The van der Waals surface area contributed by atoms with Crippen molar-refractivity contribution in [3.63, 3.8) is 0 Å².